The molecule has 2 aliphatic carbocycles. The Morgan fingerprint density at radius 3 is 1.38 bits per heavy atom. The number of carboxylic acid groups (broad SMARTS) is 2. The molecule has 17 nitrogen and oxygen atoms in total. The lowest BCUT2D eigenvalue weighted by Gasteiger charge is -2.19. The van der Waals surface area contributed by atoms with Crippen LogP contribution in [0.15, 0.2) is 136 Å². The predicted molar refractivity (Wildman–Crippen MR) is 267 cm³/mol. The van der Waals surface area contributed by atoms with Crippen LogP contribution in [0.3, 0.4) is 0 Å². The Morgan fingerprint density at radius 1 is 0.563 bits per heavy atom. The fourth-order valence-electron chi connectivity index (χ4n) is 7.89. The Labute approximate surface area is 414 Å². The standard InChI is InChI=1S/C30H36N2O6.C19H17NO6.C5H11NO/c1-3-36-18-10-9-12-22(33)20-28(29(34)31-17-11-19-37-4-2)32-30(35)38-21-27-25-15-7-5-13-23(25)24-14-6-8-16-26(24)27;21-17(22)9-16(18(23)24)20-19(25)26-10-15-13-7-3-1-5-11(13)12-6-2-4-8-14(12)15;1-2-7-5-3-4-6/h3-8,13-16,27-28H,1-2,9-12,17-21H2,(H,31,34)(H,32,35);1-8,15-16H,9-10H2,(H,20,25)(H,21,22)(H,23,24);2H,1,3-6H2. The van der Waals surface area contributed by atoms with Crippen LogP contribution >= 0.6 is 0 Å². The number of nitrogens with one attached hydrogen (secondary N) is 3. The van der Waals surface area contributed by atoms with Crippen LogP contribution in [0.25, 0.3) is 22.3 Å². The normalized spacial score (nSPS) is 12.4. The number of nitrogens with two attached hydrogens (primary N) is 1. The van der Waals surface area contributed by atoms with Gasteiger partial charge in [0.1, 0.15) is 31.1 Å². The van der Waals surface area contributed by atoms with Gasteiger partial charge in [0.2, 0.25) is 5.91 Å². The molecular formula is C54H64N4O13. The smallest absolute Gasteiger partial charge is 0.407 e. The molecule has 0 spiro atoms. The molecule has 7 N–H and O–H groups in total. The zero-order valence-corrected chi connectivity index (χ0v) is 39.8. The van der Waals surface area contributed by atoms with Crippen LogP contribution in [0.5, 0.6) is 0 Å². The van der Waals surface area contributed by atoms with Gasteiger partial charge in [0, 0.05) is 31.2 Å². The highest BCUT2D eigenvalue weighted by Crippen LogP contribution is 2.45. The highest BCUT2D eigenvalue weighted by Gasteiger charge is 2.32. The lowest BCUT2D eigenvalue weighted by Crippen LogP contribution is -2.48. The largest absolute Gasteiger partial charge is 0.502 e. The van der Waals surface area contributed by atoms with E-state index in [1.54, 1.807) is 0 Å². The first kappa shape index (κ1) is 55.7. The minimum atomic E-state index is -1.54. The predicted octanol–water partition coefficient (Wildman–Crippen LogP) is 7.80. The monoisotopic (exact) mass is 976 g/mol. The molecule has 0 bridgehead atoms. The summed E-state index contributed by atoms with van der Waals surface area (Å²) < 4.78 is 25.7. The van der Waals surface area contributed by atoms with Crippen molar-refractivity contribution in [3.8, 4) is 22.3 Å². The summed E-state index contributed by atoms with van der Waals surface area (Å²) in [6, 6.07) is 29.1. The van der Waals surface area contributed by atoms with Crippen molar-refractivity contribution in [1.29, 1.82) is 0 Å². The topological polar surface area (TPSA) is 251 Å². The molecule has 4 aromatic carbocycles. The number of alkyl carbamates (subject to hydrolysis) is 2. The first-order valence-electron chi connectivity index (χ1n) is 23.3. The quantitative estimate of drug-likeness (QED) is 0.0247. The number of benzene rings is 4. The molecule has 71 heavy (non-hydrogen) atoms. The van der Waals surface area contributed by atoms with E-state index in [2.05, 4.69) is 47.8 Å². The molecule has 6 rings (SSSR count). The van der Waals surface area contributed by atoms with E-state index < -0.39 is 48.5 Å². The number of ether oxygens (including phenoxy) is 5. The molecule has 0 saturated carbocycles. The van der Waals surface area contributed by atoms with Crippen LogP contribution < -0.4 is 21.7 Å². The average Bonchev–Trinajstić information content (AvgIpc) is 3.87. The van der Waals surface area contributed by atoms with Crippen molar-refractivity contribution in [2.24, 2.45) is 5.73 Å². The fourth-order valence-corrected chi connectivity index (χ4v) is 7.89. The number of carbonyl (C=O) groups excluding carboxylic acids is 4. The van der Waals surface area contributed by atoms with Crippen LogP contribution in [0.2, 0.25) is 0 Å². The number of rotatable bonds is 27. The average molecular weight is 977 g/mol. The molecule has 3 amide bonds. The lowest BCUT2D eigenvalue weighted by atomic mass is 9.98. The summed E-state index contributed by atoms with van der Waals surface area (Å²) in [4.78, 5) is 71.8. The molecule has 0 fully saturated rings. The Bertz CT molecular complexity index is 2330. The lowest BCUT2D eigenvalue weighted by molar-refractivity contribution is -0.145. The van der Waals surface area contributed by atoms with Crippen molar-refractivity contribution in [1.82, 2.24) is 16.0 Å². The number of carboxylic acids is 2. The fraction of sp³-hybridized carbons (Fsp3) is 0.333. The summed E-state index contributed by atoms with van der Waals surface area (Å²) >= 11 is 0. The number of hydrogen-bond donors (Lipinski definition) is 6. The molecule has 2 aliphatic rings. The highest BCUT2D eigenvalue weighted by molar-refractivity contribution is 5.91. The van der Waals surface area contributed by atoms with Crippen molar-refractivity contribution in [2.45, 2.75) is 68.9 Å². The molecule has 0 aliphatic heterocycles. The number of ketones is 1. The number of fused-ring (bicyclic) bond motifs is 6. The third kappa shape index (κ3) is 17.8. The van der Waals surface area contributed by atoms with Gasteiger partial charge in [-0.3, -0.25) is 14.4 Å². The van der Waals surface area contributed by atoms with Crippen molar-refractivity contribution in [2.75, 3.05) is 46.1 Å². The second-order valence-corrected chi connectivity index (χ2v) is 16.1. The first-order chi connectivity index (χ1) is 34.4. The van der Waals surface area contributed by atoms with Crippen LogP contribution in [0.4, 0.5) is 9.59 Å². The van der Waals surface area contributed by atoms with Crippen LogP contribution in [0, 0.1) is 0 Å². The molecule has 378 valence electrons. The zero-order valence-electron chi connectivity index (χ0n) is 39.8. The Balaban J connectivity index is 0.000000285. The van der Waals surface area contributed by atoms with E-state index in [9.17, 15) is 28.8 Å². The van der Waals surface area contributed by atoms with Gasteiger partial charge in [-0.15, -0.1) is 0 Å². The molecule has 0 aromatic heterocycles. The maximum absolute atomic E-state index is 12.8. The maximum Gasteiger partial charge on any atom is 0.407 e. The van der Waals surface area contributed by atoms with Gasteiger partial charge < -0.3 is 55.6 Å². The van der Waals surface area contributed by atoms with Crippen LogP contribution in [-0.4, -0.2) is 104 Å². The minimum absolute atomic E-state index is 0.0271. The molecule has 2 atom stereocenters. The van der Waals surface area contributed by atoms with Crippen molar-refractivity contribution >= 4 is 35.8 Å². The van der Waals surface area contributed by atoms with Gasteiger partial charge in [-0.1, -0.05) is 117 Å². The number of aliphatic carboxylic acids is 2. The molecular weight excluding hydrogens is 913 g/mol. The van der Waals surface area contributed by atoms with Gasteiger partial charge in [0.25, 0.3) is 0 Å². The van der Waals surface area contributed by atoms with Crippen molar-refractivity contribution in [3.05, 3.63) is 158 Å². The number of carbonyl (C=O) groups is 6. The van der Waals surface area contributed by atoms with Gasteiger partial charge >= 0.3 is 24.1 Å². The van der Waals surface area contributed by atoms with E-state index >= 15 is 0 Å². The number of Topliss-reactive ketones (excluding diaryl/α,β-unsaturated/α-hetero) is 1. The van der Waals surface area contributed by atoms with E-state index in [-0.39, 0.29) is 43.7 Å². The van der Waals surface area contributed by atoms with Crippen molar-refractivity contribution in [3.63, 3.8) is 0 Å². The van der Waals surface area contributed by atoms with E-state index in [1.807, 2.05) is 84.9 Å². The summed E-state index contributed by atoms with van der Waals surface area (Å²) in [6.45, 7) is 13.1. The molecule has 17 heteroatoms. The summed E-state index contributed by atoms with van der Waals surface area (Å²) in [6.07, 6.45) is 4.64. The van der Waals surface area contributed by atoms with Gasteiger partial charge in [0.05, 0.1) is 45.0 Å². The van der Waals surface area contributed by atoms with Gasteiger partial charge in [-0.2, -0.15) is 0 Å². The van der Waals surface area contributed by atoms with Gasteiger partial charge in [-0.05, 0) is 76.7 Å². The van der Waals surface area contributed by atoms with Gasteiger partial charge in [0.15, 0.2) is 0 Å². The summed E-state index contributed by atoms with van der Waals surface area (Å²) in [7, 11) is 0. The molecule has 0 heterocycles. The van der Waals surface area contributed by atoms with E-state index in [1.165, 1.54) is 18.8 Å². The molecule has 4 aromatic rings. The number of amides is 3. The maximum atomic E-state index is 12.8. The van der Waals surface area contributed by atoms with Gasteiger partial charge in [-0.25, -0.2) is 14.4 Å². The van der Waals surface area contributed by atoms with E-state index in [4.69, 9.17) is 39.6 Å². The van der Waals surface area contributed by atoms with Crippen LogP contribution in [0.1, 0.15) is 79.0 Å². The Kier molecular flexibility index (Phi) is 24.0. The second-order valence-electron chi connectivity index (χ2n) is 16.1. The zero-order chi connectivity index (χ0) is 51.4. The highest BCUT2D eigenvalue weighted by atomic mass is 16.6. The third-order valence-corrected chi connectivity index (χ3v) is 11.2. The summed E-state index contributed by atoms with van der Waals surface area (Å²) in [5.74, 6) is -3.59. The molecule has 0 saturated heterocycles. The summed E-state index contributed by atoms with van der Waals surface area (Å²) in [5.41, 5.74) is 13.8. The Morgan fingerprint density at radius 2 is 0.972 bits per heavy atom. The Hall–Kier alpha value is -7.92. The van der Waals surface area contributed by atoms with E-state index in [0.29, 0.717) is 52.2 Å². The number of hydrogen-bond acceptors (Lipinski definition) is 12. The van der Waals surface area contributed by atoms with E-state index in [0.717, 1.165) is 50.9 Å². The van der Waals surface area contributed by atoms with Crippen LogP contribution in [-0.2, 0) is 42.9 Å². The SMILES string of the molecule is C=COCCCCC(=O)CC(NC(=O)OCC1c2ccccc2-c2ccccc21)C(=O)NCCCOC=C.C=COCCCN.O=C(O)CC(NC(=O)OCC1c2ccccc2-c2ccccc21)C(=O)O. The minimum Gasteiger partial charge on any atom is -0.502 e. The number of unbranched alkanes of at least 4 members (excludes halogenated alkanes) is 1. The molecule has 2 unspecified atom stereocenters. The summed E-state index contributed by atoms with van der Waals surface area (Å²) in [5, 5.41) is 25.1. The first-order valence-corrected chi connectivity index (χ1v) is 23.3. The molecule has 0 radical (unpaired) electrons. The second kappa shape index (κ2) is 30.5. The van der Waals surface area contributed by atoms with Crippen molar-refractivity contribution < 1.29 is 62.7 Å². The third-order valence-electron chi connectivity index (χ3n) is 11.2.